The Hall–Kier alpha value is -0.570. The summed E-state index contributed by atoms with van der Waals surface area (Å²) in [5, 5.41) is 18.0. The van der Waals surface area contributed by atoms with E-state index in [1.165, 1.54) is 0 Å². The molecule has 48 valence electrons. The van der Waals surface area contributed by atoms with Gasteiger partial charge in [0.2, 0.25) is 0 Å². The van der Waals surface area contributed by atoms with E-state index in [4.69, 9.17) is 10.5 Å². The maximum atomic E-state index is 8.29. The van der Waals surface area contributed by atoms with Gasteiger partial charge >= 0.3 is 0 Å². The van der Waals surface area contributed by atoms with Crippen LogP contribution >= 0.6 is 0 Å². The van der Waals surface area contributed by atoms with Gasteiger partial charge in [0.1, 0.15) is 0 Å². The number of hydrogen-bond acceptors (Lipinski definition) is 2. The van der Waals surface area contributed by atoms with Crippen molar-refractivity contribution in [1.82, 2.24) is 5.32 Å². The van der Waals surface area contributed by atoms with Crippen molar-refractivity contribution < 1.29 is 5.11 Å². The van der Waals surface area contributed by atoms with Crippen LogP contribution in [0.15, 0.2) is 0 Å². The molecule has 0 saturated heterocycles. The minimum Gasteiger partial charge on any atom is -0.396 e. The first kappa shape index (κ1) is 7.43. The molecule has 0 aliphatic carbocycles. The summed E-state index contributed by atoms with van der Waals surface area (Å²) in [5.74, 6) is 0.485. The van der Waals surface area contributed by atoms with E-state index in [-0.39, 0.29) is 6.61 Å². The molecule has 0 spiro atoms. The van der Waals surface area contributed by atoms with Crippen molar-refractivity contribution in [2.24, 2.45) is 0 Å². The van der Waals surface area contributed by atoms with E-state index >= 15 is 0 Å². The Labute approximate surface area is 49.2 Å². The van der Waals surface area contributed by atoms with Crippen molar-refractivity contribution in [1.29, 1.82) is 5.41 Å². The van der Waals surface area contributed by atoms with Crippen molar-refractivity contribution in [3.63, 3.8) is 0 Å². The van der Waals surface area contributed by atoms with Crippen molar-refractivity contribution >= 4 is 5.84 Å². The largest absolute Gasteiger partial charge is 0.396 e. The highest BCUT2D eigenvalue weighted by atomic mass is 16.2. The summed E-state index contributed by atoms with van der Waals surface area (Å²) in [6.45, 7) is 0.171. The van der Waals surface area contributed by atoms with Crippen LogP contribution in [-0.4, -0.2) is 24.6 Å². The van der Waals surface area contributed by atoms with Gasteiger partial charge < -0.3 is 10.4 Å². The molecule has 3 heteroatoms. The predicted octanol–water partition coefficient (Wildman–Crippen LogP) is -0.0444. The Morgan fingerprint density at radius 2 is 2.38 bits per heavy atom. The highest BCUT2D eigenvalue weighted by Crippen LogP contribution is 1.84. The summed E-state index contributed by atoms with van der Waals surface area (Å²) in [7, 11) is 1.71. The van der Waals surface area contributed by atoms with Gasteiger partial charge in [-0.3, -0.25) is 5.41 Å². The van der Waals surface area contributed by atoms with Gasteiger partial charge in [-0.05, 0) is 6.42 Å². The molecule has 0 amide bonds. The van der Waals surface area contributed by atoms with Crippen molar-refractivity contribution in [3.8, 4) is 0 Å². The quantitative estimate of drug-likeness (QED) is 0.358. The third-order valence-corrected chi connectivity index (χ3v) is 0.887. The lowest BCUT2D eigenvalue weighted by atomic mass is 10.3. The molecule has 0 aromatic rings. The van der Waals surface area contributed by atoms with Crippen LogP contribution in [0.3, 0.4) is 0 Å². The topological polar surface area (TPSA) is 56.1 Å². The number of nitrogens with one attached hydrogen (secondary N) is 2. The Balaban J connectivity index is 2.99. The molecule has 0 bridgehead atoms. The molecule has 3 nitrogen and oxygen atoms in total. The standard InChI is InChI=1S/C5H12N2O/c1-7-5(6)3-2-4-8/h8H,2-4H2,1H3,(H2,6,7). The van der Waals surface area contributed by atoms with Crippen LogP contribution in [0.25, 0.3) is 0 Å². The van der Waals surface area contributed by atoms with E-state index in [2.05, 4.69) is 5.32 Å². The summed E-state index contributed by atoms with van der Waals surface area (Å²) in [4.78, 5) is 0. The fourth-order valence-corrected chi connectivity index (χ4v) is 0.381. The molecule has 8 heavy (non-hydrogen) atoms. The zero-order valence-corrected chi connectivity index (χ0v) is 5.07. The molecule has 0 aromatic carbocycles. The number of aliphatic hydroxyl groups excluding tert-OH is 1. The van der Waals surface area contributed by atoms with Crippen molar-refractivity contribution in [2.45, 2.75) is 12.8 Å². The van der Waals surface area contributed by atoms with Crippen LogP contribution in [0.4, 0.5) is 0 Å². The van der Waals surface area contributed by atoms with Crippen LogP contribution in [0.5, 0.6) is 0 Å². The number of amidine groups is 1. The van der Waals surface area contributed by atoms with Gasteiger partial charge in [-0.2, -0.15) is 0 Å². The zero-order valence-electron chi connectivity index (χ0n) is 5.07. The third kappa shape index (κ3) is 3.61. The predicted molar refractivity (Wildman–Crippen MR) is 33.1 cm³/mol. The summed E-state index contributed by atoms with van der Waals surface area (Å²) in [5.41, 5.74) is 0. The Morgan fingerprint density at radius 3 is 2.75 bits per heavy atom. The lowest BCUT2D eigenvalue weighted by molar-refractivity contribution is 0.291. The van der Waals surface area contributed by atoms with Crippen LogP contribution in [0.2, 0.25) is 0 Å². The average molecular weight is 116 g/mol. The van der Waals surface area contributed by atoms with Crippen LogP contribution in [0, 0.1) is 5.41 Å². The Morgan fingerprint density at radius 1 is 1.75 bits per heavy atom. The second-order valence-corrected chi connectivity index (χ2v) is 1.56. The first-order chi connectivity index (χ1) is 3.81. The molecule has 0 unspecified atom stereocenters. The Bertz CT molecular complexity index is 72.8. The highest BCUT2D eigenvalue weighted by Gasteiger charge is 1.88. The van der Waals surface area contributed by atoms with E-state index in [9.17, 15) is 0 Å². The molecule has 0 radical (unpaired) electrons. The Kier molecular flexibility index (Phi) is 4.26. The maximum absolute atomic E-state index is 8.29. The SMILES string of the molecule is CNC(=N)CCCO. The lowest BCUT2D eigenvalue weighted by Gasteiger charge is -1.97. The molecule has 3 N–H and O–H groups in total. The normalized spacial score (nSPS) is 8.75. The summed E-state index contributed by atoms with van der Waals surface area (Å²) in [6.07, 6.45) is 1.33. The van der Waals surface area contributed by atoms with Crippen molar-refractivity contribution in [2.75, 3.05) is 13.7 Å². The number of aliphatic hydroxyl groups is 1. The summed E-state index contributed by atoms with van der Waals surface area (Å²) in [6, 6.07) is 0. The molecule has 0 atom stereocenters. The van der Waals surface area contributed by atoms with E-state index < -0.39 is 0 Å². The van der Waals surface area contributed by atoms with Gasteiger partial charge in [0.05, 0.1) is 5.84 Å². The lowest BCUT2D eigenvalue weighted by Crippen LogP contribution is -2.16. The monoisotopic (exact) mass is 116 g/mol. The van der Waals surface area contributed by atoms with Gasteiger partial charge in [0.25, 0.3) is 0 Å². The van der Waals surface area contributed by atoms with Gasteiger partial charge in [-0.15, -0.1) is 0 Å². The second kappa shape index (κ2) is 4.59. The van der Waals surface area contributed by atoms with Gasteiger partial charge in [-0.1, -0.05) is 0 Å². The molecule has 0 saturated carbocycles. The molecular weight excluding hydrogens is 104 g/mol. The van der Waals surface area contributed by atoms with Crippen molar-refractivity contribution in [3.05, 3.63) is 0 Å². The third-order valence-electron chi connectivity index (χ3n) is 0.887. The molecule has 0 heterocycles. The molecule has 0 fully saturated rings. The minimum absolute atomic E-state index is 0.171. The number of hydrogen-bond donors (Lipinski definition) is 3. The first-order valence-corrected chi connectivity index (χ1v) is 2.67. The van der Waals surface area contributed by atoms with E-state index in [0.29, 0.717) is 18.7 Å². The molecule has 0 aliphatic heterocycles. The zero-order chi connectivity index (χ0) is 6.41. The average Bonchev–Trinajstić information content (AvgIpc) is 1.83. The van der Waals surface area contributed by atoms with Gasteiger partial charge in [-0.25, -0.2) is 0 Å². The summed E-state index contributed by atoms with van der Waals surface area (Å²) >= 11 is 0. The number of rotatable bonds is 3. The summed E-state index contributed by atoms with van der Waals surface area (Å²) < 4.78 is 0. The first-order valence-electron chi connectivity index (χ1n) is 2.67. The molecular formula is C5H12N2O. The molecule has 0 rings (SSSR count). The highest BCUT2D eigenvalue weighted by molar-refractivity contribution is 5.78. The van der Waals surface area contributed by atoms with Crippen LogP contribution in [-0.2, 0) is 0 Å². The molecule has 0 aromatic heterocycles. The fourth-order valence-electron chi connectivity index (χ4n) is 0.381. The molecule has 0 aliphatic rings. The van der Waals surface area contributed by atoms with E-state index in [1.807, 2.05) is 0 Å². The van der Waals surface area contributed by atoms with Crippen LogP contribution in [0.1, 0.15) is 12.8 Å². The minimum atomic E-state index is 0.171. The van der Waals surface area contributed by atoms with E-state index in [1.54, 1.807) is 7.05 Å². The van der Waals surface area contributed by atoms with E-state index in [0.717, 1.165) is 0 Å². The van der Waals surface area contributed by atoms with Crippen LogP contribution < -0.4 is 5.32 Å². The second-order valence-electron chi connectivity index (χ2n) is 1.56. The van der Waals surface area contributed by atoms with Gasteiger partial charge in [0.15, 0.2) is 0 Å². The smallest absolute Gasteiger partial charge is 0.0929 e. The maximum Gasteiger partial charge on any atom is 0.0929 e. The fraction of sp³-hybridized carbons (Fsp3) is 0.800. The van der Waals surface area contributed by atoms with Gasteiger partial charge in [0, 0.05) is 20.1 Å².